The Labute approximate surface area is 106 Å². The first-order valence-corrected chi connectivity index (χ1v) is 5.95. The van der Waals surface area contributed by atoms with Crippen molar-refractivity contribution in [3.05, 3.63) is 53.4 Å². The first-order chi connectivity index (χ1) is 8.66. The Kier molecular flexibility index (Phi) is 3.77. The summed E-state index contributed by atoms with van der Waals surface area (Å²) in [5.41, 5.74) is 1.38. The maximum absolute atomic E-state index is 11.8. The molecule has 0 fully saturated rings. The van der Waals surface area contributed by atoms with Crippen molar-refractivity contribution in [2.75, 3.05) is 0 Å². The first-order valence-electron chi connectivity index (χ1n) is 5.95. The molecule has 0 radical (unpaired) electrons. The van der Waals surface area contributed by atoms with Crippen LogP contribution in [0.4, 0.5) is 0 Å². The van der Waals surface area contributed by atoms with E-state index in [4.69, 9.17) is 4.52 Å². The van der Waals surface area contributed by atoms with E-state index in [2.05, 4.69) is 10.5 Å². The van der Waals surface area contributed by atoms with Crippen molar-refractivity contribution in [3.8, 4) is 0 Å². The predicted octanol–water partition coefficient (Wildman–Crippen LogP) is 2.73. The smallest absolute Gasteiger partial charge is 0.273 e. The van der Waals surface area contributed by atoms with E-state index in [1.165, 1.54) is 0 Å². The Balaban J connectivity index is 1.95. The molecule has 0 saturated carbocycles. The number of rotatable bonds is 4. The fourth-order valence-corrected chi connectivity index (χ4v) is 1.54. The van der Waals surface area contributed by atoms with Crippen molar-refractivity contribution in [1.29, 1.82) is 0 Å². The molecular weight excluding hydrogens is 228 g/mol. The Bertz CT molecular complexity index is 518. The maximum atomic E-state index is 11.8. The molecule has 94 valence electrons. The van der Waals surface area contributed by atoms with Crippen molar-refractivity contribution in [3.63, 3.8) is 0 Å². The summed E-state index contributed by atoms with van der Waals surface area (Å²) in [5.74, 6) is 0.738. The molecule has 1 aromatic carbocycles. The third kappa shape index (κ3) is 2.97. The molecule has 1 heterocycles. The average Bonchev–Trinajstić information content (AvgIpc) is 2.87. The molecule has 0 unspecified atom stereocenters. The highest BCUT2D eigenvalue weighted by Crippen LogP contribution is 2.14. The normalized spacial score (nSPS) is 10.6. The van der Waals surface area contributed by atoms with Gasteiger partial charge in [0.15, 0.2) is 5.69 Å². The van der Waals surface area contributed by atoms with Crippen molar-refractivity contribution in [2.45, 2.75) is 26.3 Å². The van der Waals surface area contributed by atoms with E-state index >= 15 is 0 Å². The van der Waals surface area contributed by atoms with Crippen molar-refractivity contribution >= 4 is 5.91 Å². The van der Waals surface area contributed by atoms with E-state index in [9.17, 15) is 4.79 Å². The molecule has 0 aliphatic rings. The summed E-state index contributed by atoms with van der Waals surface area (Å²) < 4.78 is 5.09. The van der Waals surface area contributed by atoms with Crippen LogP contribution in [0, 0.1) is 0 Å². The number of nitrogens with zero attached hydrogens (tertiary/aromatic N) is 1. The summed E-state index contributed by atoms with van der Waals surface area (Å²) in [6, 6.07) is 11.4. The lowest BCUT2D eigenvalue weighted by Gasteiger charge is -2.02. The number of hydrogen-bond acceptors (Lipinski definition) is 3. The Morgan fingerprint density at radius 3 is 2.67 bits per heavy atom. The van der Waals surface area contributed by atoms with Crippen molar-refractivity contribution < 1.29 is 9.32 Å². The van der Waals surface area contributed by atoms with Gasteiger partial charge in [-0.05, 0) is 5.56 Å². The molecule has 0 spiro atoms. The first kappa shape index (κ1) is 12.4. The van der Waals surface area contributed by atoms with Crippen LogP contribution in [0.1, 0.15) is 41.6 Å². The fraction of sp³-hybridized carbons (Fsp3) is 0.286. The molecule has 4 nitrogen and oxygen atoms in total. The average molecular weight is 244 g/mol. The van der Waals surface area contributed by atoms with Crippen LogP contribution in [-0.2, 0) is 6.54 Å². The molecule has 0 aliphatic heterocycles. The summed E-state index contributed by atoms with van der Waals surface area (Å²) in [6.07, 6.45) is 0. The monoisotopic (exact) mass is 244 g/mol. The minimum absolute atomic E-state index is 0.213. The molecule has 0 aliphatic carbocycles. The third-order valence-electron chi connectivity index (χ3n) is 2.63. The Hall–Kier alpha value is -2.10. The largest absolute Gasteiger partial charge is 0.360 e. The topological polar surface area (TPSA) is 55.1 Å². The van der Waals surface area contributed by atoms with Gasteiger partial charge in [-0.2, -0.15) is 0 Å². The van der Waals surface area contributed by atoms with E-state index in [-0.39, 0.29) is 11.8 Å². The van der Waals surface area contributed by atoms with Crippen LogP contribution in [-0.4, -0.2) is 11.1 Å². The summed E-state index contributed by atoms with van der Waals surface area (Å²) in [5, 5.41) is 6.57. The van der Waals surface area contributed by atoms with Crippen LogP contribution < -0.4 is 5.32 Å². The highest BCUT2D eigenvalue weighted by molar-refractivity contribution is 5.92. The summed E-state index contributed by atoms with van der Waals surface area (Å²) in [7, 11) is 0. The quantitative estimate of drug-likeness (QED) is 0.899. The number of benzene rings is 1. The fourth-order valence-electron chi connectivity index (χ4n) is 1.54. The van der Waals surface area contributed by atoms with Gasteiger partial charge in [0.1, 0.15) is 5.76 Å². The molecule has 1 aromatic heterocycles. The SMILES string of the molecule is CC(C)c1cc(C(=O)NCc2ccccc2)no1. The predicted molar refractivity (Wildman–Crippen MR) is 68.2 cm³/mol. The van der Waals surface area contributed by atoms with E-state index in [0.29, 0.717) is 12.2 Å². The van der Waals surface area contributed by atoms with Gasteiger partial charge in [-0.15, -0.1) is 0 Å². The van der Waals surface area contributed by atoms with E-state index in [1.54, 1.807) is 6.07 Å². The number of carbonyl (C=O) groups excluding carboxylic acids is 1. The Morgan fingerprint density at radius 2 is 2.06 bits per heavy atom. The highest BCUT2D eigenvalue weighted by atomic mass is 16.5. The van der Waals surface area contributed by atoms with Gasteiger partial charge in [-0.1, -0.05) is 49.3 Å². The number of hydrogen-bond donors (Lipinski definition) is 1. The van der Waals surface area contributed by atoms with Crippen LogP contribution in [0.15, 0.2) is 40.9 Å². The van der Waals surface area contributed by atoms with Gasteiger partial charge in [0.2, 0.25) is 0 Å². The standard InChI is InChI=1S/C14H16N2O2/c1-10(2)13-8-12(16-18-13)14(17)15-9-11-6-4-3-5-7-11/h3-8,10H,9H2,1-2H3,(H,15,17). The van der Waals surface area contributed by atoms with Crippen LogP contribution >= 0.6 is 0 Å². The van der Waals surface area contributed by atoms with E-state index < -0.39 is 0 Å². The molecule has 0 saturated heterocycles. The summed E-state index contributed by atoms with van der Waals surface area (Å²) >= 11 is 0. The second kappa shape index (κ2) is 5.49. The summed E-state index contributed by atoms with van der Waals surface area (Å²) in [4.78, 5) is 11.8. The number of amides is 1. The maximum Gasteiger partial charge on any atom is 0.273 e. The van der Waals surface area contributed by atoms with Crippen molar-refractivity contribution in [1.82, 2.24) is 10.5 Å². The lowest BCUT2D eigenvalue weighted by atomic mass is 10.1. The molecular formula is C14H16N2O2. The zero-order chi connectivity index (χ0) is 13.0. The molecule has 1 N–H and O–H groups in total. The molecule has 2 rings (SSSR count). The molecule has 4 heteroatoms. The zero-order valence-electron chi connectivity index (χ0n) is 10.5. The van der Waals surface area contributed by atoms with Gasteiger partial charge in [0.25, 0.3) is 5.91 Å². The number of nitrogens with one attached hydrogen (secondary N) is 1. The minimum Gasteiger partial charge on any atom is -0.360 e. The minimum atomic E-state index is -0.213. The van der Waals surface area contributed by atoms with Gasteiger partial charge in [0, 0.05) is 18.5 Å². The van der Waals surface area contributed by atoms with Gasteiger partial charge < -0.3 is 9.84 Å². The molecule has 0 atom stereocenters. The van der Waals surface area contributed by atoms with Crippen LogP contribution in [0.3, 0.4) is 0 Å². The highest BCUT2D eigenvalue weighted by Gasteiger charge is 2.13. The van der Waals surface area contributed by atoms with Crippen LogP contribution in [0.25, 0.3) is 0 Å². The van der Waals surface area contributed by atoms with Crippen LogP contribution in [0.5, 0.6) is 0 Å². The van der Waals surface area contributed by atoms with E-state index in [1.807, 2.05) is 44.2 Å². The second-order valence-electron chi connectivity index (χ2n) is 4.44. The zero-order valence-corrected chi connectivity index (χ0v) is 10.5. The molecule has 1 amide bonds. The van der Waals surface area contributed by atoms with Gasteiger partial charge in [0.05, 0.1) is 0 Å². The number of aromatic nitrogens is 1. The molecule has 0 bridgehead atoms. The Morgan fingerprint density at radius 1 is 1.33 bits per heavy atom. The van der Waals surface area contributed by atoms with Gasteiger partial charge >= 0.3 is 0 Å². The lowest BCUT2D eigenvalue weighted by molar-refractivity contribution is 0.0941. The van der Waals surface area contributed by atoms with Gasteiger partial charge in [-0.3, -0.25) is 4.79 Å². The van der Waals surface area contributed by atoms with Crippen LogP contribution in [0.2, 0.25) is 0 Å². The van der Waals surface area contributed by atoms with Gasteiger partial charge in [-0.25, -0.2) is 0 Å². The molecule has 2 aromatic rings. The van der Waals surface area contributed by atoms with Crippen molar-refractivity contribution in [2.24, 2.45) is 0 Å². The van der Waals surface area contributed by atoms with E-state index in [0.717, 1.165) is 11.3 Å². The summed E-state index contributed by atoms with van der Waals surface area (Å²) in [6.45, 7) is 4.47. The molecule has 18 heavy (non-hydrogen) atoms. The second-order valence-corrected chi connectivity index (χ2v) is 4.44. The lowest BCUT2D eigenvalue weighted by Crippen LogP contribution is -2.22. The third-order valence-corrected chi connectivity index (χ3v) is 2.63. The number of carbonyl (C=O) groups is 1.